The molecule has 0 saturated heterocycles. The summed E-state index contributed by atoms with van der Waals surface area (Å²) in [6.45, 7) is 0.847. The van der Waals surface area contributed by atoms with E-state index in [1.54, 1.807) is 0 Å². The smallest absolute Gasteiger partial charge is 0.176 e. The standard InChI is InChI=1S/C10H7BrFNO2/c11-9-6(1-2-13)7(12)5-8-10(9)15-4-3-14-8/h5H,1,3-4H2. The highest BCUT2D eigenvalue weighted by Crippen LogP contribution is 2.41. The minimum atomic E-state index is -0.451. The van der Waals surface area contributed by atoms with Crippen LogP contribution in [0.4, 0.5) is 4.39 Å². The van der Waals surface area contributed by atoms with Crippen LogP contribution in [-0.4, -0.2) is 13.2 Å². The Morgan fingerprint density at radius 1 is 1.47 bits per heavy atom. The van der Waals surface area contributed by atoms with Gasteiger partial charge in [0.05, 0.1) is 17.0 Å². The van der Waals surface area contributed by atoms with Gasteiger partial charge >= 0.3 is 0 Å². The molecule has 1 aromatic carbocycles. The van der Waals surface area contributed by atoms with Gasteiger partial charge in [-0.1, -0.05) is 0 Å². The van der Waals surface area contributed by atoms with E-state index in [9.17, 15) is 4.39 Å². The first-order valence-electron chi connectivity index (χ1n) is 4.37. The second-order valence-electron chi connectivity index (χ2n) is 3.01. The molecule has 0 amide bonds. The lowest BCUT2D eigenvalue weighted by Gasteiger charge is -2.20. The summed E-state index contributed by atoms with van der Waals surface area (Å²) in [6, 6.07) is 3.16. The molecule has 0 saturated carbocycles. The summed E-state index contributed by atoms with van der Waals surface area (Å²) >= 11 is 3.22. The first-order chi connectivity index (χ1) is 7.24. The van der Waals surface area contributed by atoms with Crippen LogP contribution < -0.4 is 9.47 Å². The highest BCUT2D eigenvalue weighted by atomic mass is 79.9. The van der Waals surface area contributed by atoms with Gasteiger partial charge in [0.15, 0.2) is 11.5 Å². The topological polar surface area (TPSA) is 42.2 Å². The van der Waals surface area contributed by atoms with E-state index in [-0.39, 0.29) is 6.42 Å². The van der Waals surface area contributed by atoms with Crippen LogP contribution in [0.2, 0.25) is 0 Å². The Bertz CT molecular complexity index is 442. The molecule has 1 aliphatic heterocycles. The zero-order chi connectivity index (χ0) is 10.8. The Hall–Kier alpha value is -1.28. The van der Waals surface area contributed by atoms with Crippen molar-refractivity contribution in [1.29, 1.82) is 5.26 Å². The van der Waals surface area contributed by atoms with E-state index >= 15 is 0 Å². The van der Waals surface area contributed by atoms with Crippen LogP contribution in [0.1, 0.15) is 5.56 Å². The highest BCUT2D eigenvalue weighted by Gasteiger charge is 2.21. The number of hydrogen-bond donors (Lipinski definition) is 0. The fourth-order valence-electron chi connectivity index (χ4n) is 1.40. The second kappa shape index (κ2) is 4.07. The molecule has 3 nitrogen and oxygen atoms in total. The third-order valence-corrected chi connectivity index (χ3v) is 2.92. The molecule has 0 N–H and O–H groups in total. The second-order valence-corrected chi connectivity index (χ2v) is 3.80. The van der Waals surface area contributed by atoms with E-state index in [0.717, 1.165) is 0 Å². The minimum Gasteiger partial charge on any atom is -0.486 e. The van der Waals surface area contributed by atoms with Gasteiger partial charge in [-0.05, 0) is 15.9 Å². The molecule has 0 aromatic heterocycles. The Balaban J connectivity index is 2.55. The van der Waals surface area contributed by atoms with Gasteiger partial charge in [0.25, 0.3) is 0 Å². The molecule has 0 aliphatic carbocycles. The number of halogens is 2. The summed E-state index contributed by atoms with van der Waals surface area (Å²) in [5, 5.41) is 8.56. The first kappa shape index (κ1) is 10.2. The SMILES string of the molecule is N#CCc1c(F)cc2c(c1Br)OCCO2. The molecule has 5 heteroatoms. The lowest BCUT2D eigenvalue weighted by molar-refractivity contribution is 0.169. The minimum absolute atomic E-state index is 0.00303. The molecule has 78 valence electrons. The van der Waals surface area contributed by atoms with Gasteiger partial charge in [-0.2, -0.15) is 5.26 Å². The van der Waals surface area contributed by atoms with E-state index in [1.807, 2.05) is 6.07 Å². The predicted octanol–water partition coefficient (Wildman–Crippen LogP) is 2.43. The van der Waals surface area contributed by atoms with Crippen molar-refractivity contribution >= 4 is 15.9 Å². The van der Waals surface area contributed by atoms with Crippen LogP contribution in [0.25, 0.3) is 0 Å². The van der Waals surface area contributed by atoms with Gasteiger partial charge < -0.3 is 9.47 Å². The van der Waals surface area contributed by atoms with Gasteiger partial charge in [0.2, 0.25) is 0 Å². The molecule has 0 fully saturated rings. The molecule has 0 radical (unpaired) electrons. The zero-order valence-electron chi connectivity index (χ0n) is 7.72. The largest absolute Gasteiger partial charge is 0.486 e. The third kappa shape index (κ3) is 1.77. The molecule has 0 atom stereocenters. The lowest BCUT2D eigenvalue weighted by Crippen LogP contribution is -2.16. The van der Waals surface area contributed by atoms with Crippen LogP contribution in [0.15, 0.2) is 10.5 Å². The molecule has 0 bridgehead atoms. The maximum atomic E-state index is 13.5. The van der Waals surface area contributed by atoms with E-state index in [1.165, 1.54) is 6.07 Å². The summed E-state index contributed by atoms with van der Waals surface area (Å²) in [5.74, 6) is 0.410. The molecule has 15 heavy (non-hydrogen) atoms. The van der Waals surface area contributed by atoms with Gasteiger partial charge in [-0.3, -0.25) is 0 Å². The quantitative estimate of drug-likeness (QED) is 0.788. The summed E-state index contributed by atoms with van der Waals surface area (Å²) in [6.07, 6.45) is 0.00303. The van der Waals surface area contributed by atoms with Crippen molar-refractivity contribution in [3.05, 3.63) is 21.9 Å². The van der Waals surface area contributed by atoms with E-state index < -0.39 is 5.82 Å². The summed E-state index contributed by atoms with van der Waals surface area (Å²) in [5.41, 5.74) is 0.307. The Labute approximate surface area is 94.5 Å². The van der Waals surface area contributed by atoms with Crippen molar-refractivity contribution in [2.24, 2.45) is 0 Å². The van der Waals surface area contributed by atoms with Crippen molar-refractivity contribution < 1.29 is 13.9 Å². The number of hydrogen-bond acceptors (Lipinski definition) is 3. The van der Waals surface area contributed by atoms with Gasteiger partial charge in [-0.15, -0.1) is 0 Å². The van der Waals surface area contributed by atoms with E-state index in [2.05, 4.69) is 15.9 Å². The summed E-state index contributed by atoms with van der Waals surface area (Å²) in [7, 11) is 0. The zero-order valence-corrected chi connectivity index (χ0v) is 9.30. The van der Waals surface area contributed by atoms with Crippen molar-refractivity contribution in [3.8, 4) is 17.6 Å². The number of nitriles is 1. The number of rotatable bonds is 1. The Morgan fingerprint density at radius 3 is 2.93 bits per heavy atom. The molecule has 0 spiro atoms. The predicted molar refractivity (Wildman–Crippen MR) is 54.4 cm³/mol. The maximum Gasteiger partial charge on any atom is 0.176 e. The third-order valence-electron chi connectivity index (χ3n) is 2.08. The van der Waals surface area contributed by atoms with E-state index in [4.69, 9.17) is 14.7 Å². The first-order valence-corrected chi connectivity index (χ1v) is 5.16. The highest BCUT2D eigenvalue weighted by molar-refractivity contribution is 9.10. The molecule has 1 heterocycles. The van der Waals surface area contributed by atoms with Crippen LogP contribution >= 0.6 is 15.9 Å². The van der Waals surface area contributed by atoms with Crippen LogP contribution in [0.3, 0.4) is 0 Å². The molecule has 1 aliphatic rings. The average molecular weight is 272 g/mol. The van der Waals surface area contributed by atoms with Crippen LogP contribution in [0.5, 0.6) is 11.5 Å². The number of nitrogens with zero attached hydrogens (tertiary/aromatic N) is 1. The molecule has 1 aromatic rings. The Kier molecular flexibility index (Phi) is 2.78. The number of benzene rings is 1. The van der Waals surface area contributed by atoms with Crippen LogP contribution in [-0.2, 0) is 6.42 Å². The van der Waals surface area contributed by atoms with Crippen molar-refractivity contribution in [3.63, 3.8) is 0 Å². The molecular weight excluding hydrogens is 265 g/mol. The summed E-state index contributed by atoms with van der Waals surface area (Å²) < 4.78 is 24.6. The molecule has 0 unspecified atom stereocenters. The monoisotopic (exact) mass is 271 g/mol. The van der Waals surface area contributed by atoms with Gasteiger partial charge in [0.1, 0.15) is 19.0 Å². The normalized spacial score (nSPS) is 13.4. The fourth-order valence-corrected chi connectivity index (χ4v) is 2.04. The van der Waals surface area contributed by atoms with Crippen molar-refractivity contribution in [2.45, 2.75) is 6.42 Å². The fraction of sp³-hybridized carbons (Fsp3) is 0.300. The summed E-state index contributed by atoms with van der Waals surface area (Å²) in [4.78, 5) is 0. The molecular formula is C10H7BrFNO2. The van der Waals surface area contributed by atoms with Gasteiger partial charge in [-0.25, -0.2) is 4.39 Å². The maximum absolute atomic E-state index is 13.5. The van der Waals surface area contributed by atoms with Crippen LogP contribution in [0, 0.1) is 17.1 Å². The lowest BCUT2D eigenvalue weighted by atomic mass is 10.1. The van der Waals surface area contributed by atoms with E-state index in [0.29, 0.717) is 34.7 Å². The number of fused-ring (bicyclic) bond motifs is 1. The molecule has 2 rings (SSSR count). The van der Waals surface area contributed by atoms with Crippen molar-refractivity contribution in [2.75, 3.05) is 13.2 Å². The van der Waals surface area contributed by atoms with Gasteiger partial charge in [0, 0.05) is 11.6 Å². The number of ether oxygens (including phenoxy) is 2. The Morgan fingerprint density at radius 2 is 2.20 bits per heavy atom. The van der Waals surface area contributed by atoms with Crippen molar-refractivity contribution in [1.82, 2.24) is 0 Å². The average Bonchev–Trinajstić information content (AvgIpc) is 2.24.